The number of benzene rings is 2. The van der Waals surface area contributed by atoms with Crippen LogP contribution in [0.25, 0.3) is 0 Å². The van der Waals surface area contributed by atoms with E-state index in [4.69, 9.17) is 11.6 Å². The van der Waals surface area contributed by atoms with E-state index < -0.39 is 23.5 Å². The molecular formula is C23H19ClN2O3S. The minimum Gasteiger partial charge on any atom is -0.503 e. The number of carbonyl (C=O) groups is 2. The molecule has 1 aliphatic heterocycles. The molecule has 7 heteroatoms. The monoisotopic (exact) mass is 438 g/mol. The Morgan fingerprint density at radius 3 is 2.43 bits per heavy atom. The molecule has 0 spiro atoms. The fourth-order valence-corrected chi connectivity index (χ4v) is 4.83. The number of aliphatic hydroxyl groups is 1. The first-order valence-corrected chi connectivity index (χ1v) is 10.6. The van der Waals surface area contributed by atoms with E-state index in [0.717, 1.165) is 10.6 Å². The van der Waals surface area contributed by atoms with Crippen LogP contribution in [0.3, 0.4) is 0 Å². The second-order valence-electron chi connectivity index (χ2n) is 7.08. The summed E-state index contributed by atoms with van der Waals surface area (Å²) < 4.78 is 0. The van der Waals surface area contributed by atoms with E-state index in [1.165, 1.54) is 16.2 Å². The van der Waals surface area contributed by atoms with E-state index in [1.807, 2.05) is 37.3 Å². The van der Waals surface area contributed by atoms with E-state index in [0.29, 0.717) is 21.2 Å². The third kappa shape index (κ3) is 3.53. The predicted octanol–water partition coefficient (Wildman–Crippen LogP) is 5.19. The molecule has 0 saturated carbocycles. The molecule has 2 heterocycles. The number of ketones is 1. The lowest BCUT2D eigenvalue weighted by atomic mass is 9.94. The van der Waals surface area contributed by atoms with Gasteiger partial charge < -0.3 is 10.0 Å². The number of rotatable bonds is 5. The number of halogens is 1. The van der Waals surface area contributed by atoms with Crippen LogP contribution in [0, 0.1) is 13.8 Å². The zero-order valence-electron chi connectivity index (χ0n) is 16.4. The largest absolute Gasteiger partial charge is 0.503 e. The Hall–Kier alpha value is -2.96. The molecule has 0 saturated heterocycles. The quantitative estimate of drug-likeness (QED) is 0.556. The molecule has 1 amide bonds. The lowest BCUT2D eigenvalue weighted by Crippen LogP contribution is -2.30. The normalized spacial score (nSPS) is 16.4. The van der Waals surface area contributed by atoms with Crippen LogP contribution in [0.1, 0.15) is 37.5 Å². The zero-order valence-corrected chi connectivity index (χ0v) is 18.0. The third-order valence-electron chi connectivity index (χ3n) is 5.05. The van der Waals surface area contributed by atoms with Gasteiger partial charge in [-0.15, -0.1) is 11.3 Å². The molecule has 1 N–H and O–H groups in total. The highest BCUT2D eigenvalue weighted by molar-refractivity contribution is 7.14. The highest BCUT2D eigenvalue weighted by atomic mass is 35.5. The molecular weight excluding hydrogens is 420 g/mol. The molecule has 0 bridgehead atoms. The molecule has 152 valence electrons. The Morgan fingerprint density at radius 2 is 1.80 bits per heavy atom. The SMILES string of the molecule is Cc1nc(C)c(C(=O)C2=C(O)C(=O)N(Cc3ccccc3)C2c2ccccc2Cl)s1. The molecule has 0 aliphatic carbocycles. The van der Waals surface area contributed by atoms with Gasteiger partial charge in [-0.2, -0.15) is 0 Å². The van der Waals surface area contributed by atoms with Crippen molar-refractivity contribution in [1.82, 2.24) is 9.88 Å². The topological polar surface area (TPSA) is 70.5 Å². The Bertz CT molecular complexity index is 1170. The highest BCUT2D eigenvalue weighted by Gasteiger charge is 2.45. The van der Waals surface area contributed by atoms with Gasteiger partial charge in [0.2, 0.25) is 5.78 Å². The molecule has 1 unspecified atom stereocenters. The van der Waals surface area contributed by atoms with Crippen LogP contribution in [0.2, 0.25) is 5.02 Å². The molecule has 4 rings (SSSR count). The van der Waals surface area contributed by atoms with Gasteiger partial charge in [-0.1, -0.05) is 60.1 Å². The fourth-order valence-electron chi connectivity index (χ4n) is 3.71. The molecule has 1 atom stereocenters. The van der Waals surface area contributed by atoms with Crippen LogP contribution >= 0.6 is 22.9 Å². The van der Waals surface area contributed by atoms with Gasteiger partial charge in [0, 0.05) is 11.6 Å². The summed E-state index contributed by atoms with van der Waals surface area (Å²) in [4.78, 5) is 32.7. The summed E-state index contributed by atoms with van der Waals surface area (Å²) in [6, 6.07) is 15.7. The van der Waals surface area contributed by atoms with Crippen molar-refractivity contribution in [3.8, 4) is 0 Å². The molecule has 30 heavy (non-hydrogen) atoms. The highest BCUT2D eigenvalue weighted by Crippen LogP contribution is 2.43. The summed E-state index contributed by atoms with van der Waals surface area (Å²) in [5, 5.41) is 11.9. The number of thiazole rings is 1. The smallest absolute Gasteiger partial charge is 0.290 e. The molecule has 1 aromatic heterocycles. The Kier molecular flexibility index (Phi) is 5.45. The van der Waals surface area contributed by atoms with Gasteiger partial charge in [0.1, 0.15) is 0 Å². The van der Waals surface area contributed by atoms with E-state index in [-0.39, 0.29) is 12.1 Å². The van der Waals surface area contributed by atoms with Gasteiger partial charge in [0.25, 0.3) is 5.91 Å². The standard InChI is InChI=1S/C23H19ClN2O3S/c1-13-22(30-14(2)25-13)20(27)18-19(16-10-6-7-11-17(16)24)26(23(29)21(18)28)12-15-8-4-3-5-9-15/h3-11,19,28H,12H2,1-2H3. The van der Waals surface area contributed by atoms with Crippen molar-refractivity contribution in [1.29, 1.82) is 0 Å². The summed E-state index contributed by atoms with van der Waals surface area (Å²) in [6.07, 6.45) is 0. The van der Waals surface area contributed by atoms with Crippen molar-refractivity contribution in [3.05, 3.63) is 97.7 Å². The van der Waals surface area contributed by atoms with Gasteiger partial charge in [-0.3, -0.25) is 9.59 Å². The van der Waals surface area contributed by atoms with Gasteiger partial charge in [-0.25, -0.2) is 4.98 Å². The van der Waals surface area contributed by atoms with Crippen molar-refractivity contribution in [2.24, 2.45) is 0 Å². The maximum absolute atomic E-state index is 13.5. The van der Waals surface area contributed by atoms with E-state index in [1.54, 1.807) is 31.2 Å². The second-order valence-corrected chi connectivity index (χ2v) is 8.69. The van der Waals surface area contributed by atoms with Crippen LogP contribution in [-0.4, -0.2) is 26.7 Å². The number of Topliss-reactive ketones (excluding diaryl/α,β-unsaturated/α-hetero) is 1. The van der Waals surface area contributed by atoms with Gasteiger partial charge in [-0.05, 0) is 31.0 Å². The minimum atomic E-state index is -0.791. The first-order valence-electron chi connectivity index (χ1n) is 9.39. The maximum atomic E-state index is 13.5. The molecule has 3 aromatic rings. The van der Waals surface area contributed by atoms with Crippen molar-refractivity contribution in [2.75, 3.05) is 0 Å². The number of hydrogen-bond acceptors (Lipinski definition) is 5. The van der Waals surface area contributed by atoms with Crippen LogP contribution in [-0.2, 0) is 11.3 Å². The lowest BCUT2D eigenvalue weighted by molar-refractivity contribution is -0.130. The van der Waals surface area contributed by atoms with E-state index in [9.17, 15) is 14.7 Å². The van der Waals surface area contributed by atoms with Crippen molar-refractivity contribution < 1.29 is 14.7 Å². The lowest BCUT2D eigenvalue weighted by Gasteiger charge is -2.27. The van der Waals surface area contributed by atoms with E-state index in [2.05, 4.69) is 4.98 Å². The van der Waals surface area contributed by atoms with Gasteiger partial charge in [0.15, 0.2) is 5.76 Å². The zero-order chi connectivity index (χ0) is 21.4. The summed E-state index contributed by atoms with van der Waals surface area (Å²) in [5.41, 5.74) is 2.09. The van der Waals surface area contributed by atoms with Crippen LogP contribution in [0.4, 0.5) is 0 Å². The van der Waals surface area contributed by atoms with Crippen molar-refractivity contribution in [3.63, 3.8) is 0 Å². The first kappa shape index (κ1) is 20.3. The number of carbonyl (C=O) groups excluding carboxylic acids is 2. The Labute approximate surface area is 183 Å². The molecule has 1 aliphatic rings. The van der Waals surface area contributed by atoms with Crippen LogP contribution < -0.4 is 0 Å². The number of aromatic nitrogens is 1. The van der Waals surface area contributed by atoms with Gasteiger partial charge in [0.05, 0.1) is 27.2 Å². The summed E-state index contributed by atoms with van der Waals surface area (Å²) in [5.74, 6) is -1.53. The van der Waals surface area contributed by atoms with Crippen LogP contribution in [0.15, 0.2) is 65.9 Å². The Balaban J connectivity index is 1.84. The van der Waals surface area contributed by atoms with E-state index >= 15 is 0 Å². The fraction of sp³-hybridized carbons (Fsp3) is 0.174. The summed E-state index contributed by atoms with van der Waals surface area (Å²) >= 11 is 7.71. The molecule has 2 aromatic carbocycles. The number of nitrogens with zero attached hydrogens (tertiary/aromatic N) is 2. The van der Waals surface area contributed by atoms with Crippen molar-refractivity contribution in [2.45, 2.75) is 26.4 Å². The number of aryl methyl sites for hydroxylation is 2. The Morgan fingerprint density at radius 1 is 1.13 bits per heavy atom. The molecule has 5 nitrogen and oxygen atoms in total. The molecule has 0 radical (unpaired) electrons. The predicted molar refractivity (Wildman–Crippen MR) is 117 cm³/mol. The average Bonchev–Trinajstić information content (AvgIpc) is 3.19. The van der Waals surface area contributed by atoms with Gasteiger partial charge >= 0.3 is 0 Å². The second kappa shape index (κ2) is 8.05. The average molecular weight is 439 g/mol. The van der Waals surface area contributed by atoms with Crippen molar-refractivity contribution >= 4 is 34.6 Å². The summed E-state index contributed by atoms with van der Waals surface area (Å²) in [7, 11) is 0. The maximum Gasteiger partial charge on any atom is 0.290 e. The molecule has 0 fully saturated rings. The number of hydrogen-bond donors (Lipinski definition) is 1. The summed E-state index contributed by atoms with van der Waals surface area (Å²) in [6.45, 7) is 3.80. The third-order valence-corrected chi connectivity index (χ3v) is 6.47. The number of aliphatic hydroxyl groups excluding tert-OH is 1. The minimum absolute atomic E-state index is 0.0378. The first-order chi connectivity index (χ1) is 14.4. The van der Waals surface area contributed by atoms with Crippen LogP contribution in [0.5, 0.6) is 0 Å². The number of amides is 1.